The zero-order chi connectivity index (χ0) is 20.1. The van der Waals surface area contributed by atoms with Crippen molar-refractivity contribution < 1.29 is 24.2 Å². The predicted octanol–water partition coefficient (Wildman–Crippen LogP) is 3.61. The zero-order valence-electron chi connectivity index (χ0n) is 15.9. The molecule has 28 heavy (non-hydrogen) atoms. The average Bonchev–Trinajstić information content (AvgIpc) is 3.30. The van der Waals surface area contributed by atoms with Crippen molar-refractivity contribution in [2.75, 3.05) is 26.9 Å². The van der Waals surface area contributed by atoms with Gasteiger partial charge in [-0.15, -0.1) is 11.3 Å². The molecule has 1 saturated heterocycles. The number of hydrogen-bond donors (Lipinski definition) is 1. The van der Waals surface area contributed by atoms with Crippen LogP contribution in [0.1, 0.15) is 29.8 Å². The van der Waals surface area contributed by atoms with Gasteiger partial charge in [-0.2, -0.15) is 0 Å². The van der Waals surface area contributed by atoms with Crippen LogP contribution >= 0.6 is 11.3 Å². The summed E-state index contributed by atoms with van der Waals surface area (Å²) >= 11 is 1.45. The molecule has 1 amide bonds. The minimum atomic E-state index is -0.671. The van der Waals surface area contributed by atoms with E-state index in [1.807, 2.05) is 24.4 Å². The van der Waals surface area contributed by atoms with E-state index in [0.717, 1.165) is 4.88 Å². The number of carbonyl (C=O) groups excluding carboxylic acids is 2. The second-order valence-electron chi connectivity index (χ2n) is 6.32. The van der Waals surface area contributed by atoms with E-state index >= 15 is 0 Å². The van der Waals surface area contributed by atoms with E-state index in [1.54, 1.807) is 31.4 Å². The number of nitrogens with zero attached hydrogens (tertiary/aromatic N) is 1. The maximum absolute atomic E-state index is 12.8. The summed E-state index contributed by atoms with van der Waals surface area (Å²) < 4.78 is 10.6. The Morgan fingerprint density at radius 3 is 2.75 bits per heavy atom. The molecule has 1 aliphatic heterocycles. The molecule has 0 aliphatic carbocycles. The number of ketones is 1. The quantitative estimate of drug-likeness (QED) is 0.317. The van der Waals surface area contributed by atoms with Crippen molar-refractivity contribution in [3.8, 4) is 5.75 Å². The van der Waals surface area contributed by atoms with Crippen LogP contribution in [0.2, 0.25) is 0 Å². The molecule has 0 radical (unpaired) electrons. The third-order valence-electron chi connectivity index (χ3n) is 4.52. The summed E-state index contributed by atoms with van der Waals surface area (Å²) in [6.07, 6.45) is 0.602. The van der Waals surface area contributed by atoms with E-state index in [9.17, 15) is 14.7 Å². The van der Waals surface area contributed by atoms with Crippen LogP contribution in [0.5, 0.6) is 5.75 Å². The normalized spacial score (nSPS) is 18.6. The maximum atomic E-state index is 12.8. The Bertz CT molecular complexity index is 875. The zero-order valence-corrected chi connectivity index (χ0v) is 16.7. The lowest BCUT2D eigenvalue weighted by Gasteiger charge is -2.24. The average molecular weight is 401 g/mol. The van der Waals surface area contributed by atoms with E-state index in [2.05, 4.69) is 0 Å². The van der Waals surface area contributed by atoms with Crippen molar-refractivity contribution in [1.82, 2.24) is 4.90 Å². The van der Waals surface area contributed by atoms with E-state index in [-0.39, 0.29) is 11.3 Å². The van der Waals surface area contributed by atoms with Gasteiger partial charge in [0, 0.05) is 30.7 Å². The van der Waals surface area contributed by atoms with Crippen LogP contribution in [0, 0.1) is 0 Å². The van der Waals surface area contributed by atoms with Crippen molar-refractivity contribution in [2.24, 2.45) is 0 Å². The van der Waals surface area contributed by atoms with Crippen LogP contribution in [0.4, 0.5) is 0 Å². The number of carbonyl (C=O) groups is 2. The van der Waals surface area contributed by atoms with Crippen LogP contribution < -0.4 is 4.74 Å². The summed E-state index contributed by atoms with van der Waals surface area (Å²) in [6, 6.07) is 10.0. The van der Waals surface area contributed by atoms with Crippen LogP contribution in [0.25, 0.3) is 5.76 Å². The fraction of sp³-hybridized carbons (Fsp3) is 0.333. The molecule has 1 aromatic carbocycles. The first kappa shape index (κ1) is 20.1. The summed E-state index contributed by atoms with van der Waals surface area (Å²) in [5, 5.41) is 12.9. The second kappa shape index (κ2) is 9.03. The summed E-state index contributed by atoms with van der Waals surface area (Å²) in [6.45, 7) is 3.21. The van der Waals surface area contributed by atoms with Crippen LogP contribution in [0.3, 0.4) is 0 Å². The fourth-order valence-corrected chi connectivity index (χ4v) is 4.13. The van der Waals surface area contributed by atoms with Crippen molar-refractivity contribution >= 4 is 28.8 Å². The Morgan fingerprint density at radius 1 is 1.25 bits per heavy atom. The monoisotopic (exact) mass is 401 g/mol. The fourth-order valence-electron chi connectivity index (χ4n) is 3.29. The Kier molecular flexibility index (Phi) is 6.49. The Hall–Kier alpha value is -2.64. The minimum Gasteiger partial charge on any atom is -0.507 e. The summed E-state index contributed by atoms with van der Waals surface area (Å²) in [4.78, 5) is 27.9. The highest BCUT2D eigenvalue weighted by molar-refractivity contribution is 7.10. The van der Waals surface area contributed by atoms with Gasteiger partial charge in [-0.3, -0.25) is 9.59 Å². The molecule has 1 aliphatic rings. The number of amides is 1. The number of aliphatic hydroxyl groups excluding tert-OH is 1. The van der Waals surface area contributed by atoms with Gasteiger partial charge >= 0.3 is 0 Å². The number of ether oxygens (including phenoxy) is 2. The first-order chi connectivity index (χ1) is 13.6. The molecule has 1 fully saturated rings. The van der Waals surface area contributed by atoms with Crippen molar-refractivity contribution in [3.05, 3.63) is 57.8 Å². The largest absolute Gasteiger partial charge is 0.507 e. The smallest absolute Gasteiger partial charge is 0.295 e. The number of rotatable bonds is 8. The molecule has 0 unspecified atom stereocenters. The number of hydrogen-bond acceptors (Lipinski definition) is 6. The first-order valence-corrected chi connectivity index (χ1v) is 10.0. The molecule has 1 aromatic heterocycles. The van der Waals surface area contributed by atoms with Crippen LogP contribution in [-0.4, -0.2) is 48.6 Å². The highest BCUT2D eigenvalue weighted by Crippen LogP contribution is 2.41. The highest BCUT2D eigenvalue weighted by Gasteiger charge is 2.46. The SMILES string of the molecule is CCOc1cccc(C(O)=C2C(=O)C(=O)N(CCCOC)[C@@H]2c2cccs2)c1. The maximum Gasteiger partial charge on any atom is 0.295 e. The molecule has 0 spiro atoms. The van der Waals surface area contributed by atoms with Gasteiger partial charge in [0.1, 0.15) is 11.5 Å². The van der Waals surface area contributed by atoms with Gasteiger partial charge in [-0.05, 0) is 36.9 Å². The molecule has 3 rings (SSSR count). The highest BCUT2D eigenvalue weighted by atomic mass is 32.1. The third kappa shape index (κ3) is 3.95. The van der Waals surface area contributed by atoms with Gasteiger partial charge in [0.05, 0.1) is 18.2 Å². The summed E-state index contributed by atoms with van der Waals surface area (Å²) in [7, 11) is 1.59. The number of benzene rings is 1. The summed E-state index contributed by atoms with van der Waals surface area (Å²) in [5.74, 6) is -0.867. The lowest BCUT2D eigenvalue weighted by Crippen LogP contribution is -2.31. The van der Waals surface area contributed by atoms with Crippen molar-refractivity contribution in [1.29, 1.82) is 0 Å². The van der Waals surface area contributed by atoms with Gasteiger partial charge < -0.3 is 19.5 Å². The van der Waals surface area contributed by atoms with E-state index < -0.39 is 17.7 Å². The number of aliphatic hydroxyl groups is 1. The molecule has 1 N–H and O–H groups in total. The number of Topliss-reactive ketones (excluding diaryl/α,β-unsaturated/α-hetero) is 1. The lowest BCUT2D eigenvalue weighted by molar-refractivity contribution is -0.140. The minimum absolute atomic E-state index is 0.110. The molecule has 0 saturated carbocycles. The first-order valence-electron chi connectivity index (χ1n) is 9.12. The predicted molar refractivity (Wildman–Crippen MR) is 107 cm³/mol. The van der Waals surface area contributed by atoms with Crippen LogP contribution in [-0.2, 0) is 14.3 Å². The number of methoxy groups -OCH3 is 1. The molecule has 1 atom stereocenters. The number of thiophene rings is 1. The Morgan fingerprint density at radius 2 is 2.07 bits per heavy atom. The van der Waals surface area contributed by atoms with E-state index in [1.165, 1.54) is 16.2 Å². The molecule has 148 valence electrons. The molecular weight excluding hydrogens is 378 g/mol. The lowest BCUT2D eigenvalue weighted by atomic mass is 9.99. The van der Waals surface area contributed by atoms with Gasteiger partial charge in [0.15, 0.2) is 0 Å². The third-order valence-corrected chi connectivity index (χ3v) is 5.44. The van der Waals surface area contributed by atoms with Crippen molar-refractivity contribution in [3.63, 3.8) is 0 Å². The molecule has 2 aromatic rings. The Balaban J connectivity index is 2.05. The summed E-state index contributed by atoms with van der Waals surface area (Å²) in [5.41, 5.74) is 0.556. The van der Waals surface area contributed by atoms with Gasteiger partial charge in [0.2, 0.25) is 0 Å². The Labute approximate surface area is 168 Å². The molecule has 0 bridgehead atoms. The standard InChI is InChI=1S/C21H23NO5S/c1-3-27-15-8-4-7-14(13-15)19(23)17-18(16-9-5-12-28-16)22(10-6-11-26-2)21(25)20(17)24/h4-5,7-9,12-13,18,23H,3,6,10-11H2,1-2H3/t18-/m1/s1. The van der Waals surface area contributed by atoms with Crippen LogP contribution in [0.15, 0.2) is 47.4 Å². The second-order valence-corrected chi connectivity index (χ2v) is 7.29. The number of likely N-dealkylation sites (tertiary alicyclic amines) is 1. The molecule has 2 heterocycles. The van der Waals surface area contributed by atoms with Gasteiger partial charge in [0.25, 0.3) is 11.7 Å². The van der Waals surface area contributed by atoms with E-state index in [4.69, 9.17) is 9.47 Å². The molecular formula is C21H23NO5S. The van der Waals surface area contributed by atoms with Gasteiger partial charge in [-0.25, -0.2) is 0 Å². The molecule has 7 heteroatoms. The van der Waals surface area contributed by atoms with E-state index in [0.29, 0.717) is 37.5 Å². The van der Waals surface area contributed by atoms with Crippen molar-refractivity contribution in [2.45, 2.75) is 19.4 Å². The van der Waals surface area contributed by atoms with Gasteiger partial charge in [-0.1, -0.05) is 18.2 Å². The molecule has 6 nitrogen and oxygen atoms in total. The topological polar surface area (TPSA) is 76.1 Å².